The third-order valence-electron chi connectivity index (χ3n) is 4.74. The van der Waals surface area contributed by atoms with E-state index in [9.17, 15) is 0 Å². The standard InChI is InChI=1S/C20H26ClN5/c1-3-15-7-4-5-8-16(15)13-24-20(22-2)25-17-10-12-26(14-17)19-18(21)9-6-11-23-19/h4-9,11,17H,3,10,12-14H2,1-2H3,(H2,22,24,25). The van der Waals surface area contributed by atoms with E-state index in [0.29, 0.717) is 11.1 Å². The summed E-state index contributed by atoms with van der Waals surface area (Å²) < 4.78 is 0. The number of halogens is 1. The summed E-state index contributed by atoms with van der Waals surface area (Å²) in [7, 11) is 1.81. The summed E-state index contributed by atoms with van der Waals surface area (Å²) in [5.41, 5.74) is 2.68. The van der Waals surface area contributed by atoms with Gasteiger partial charge in [-0.25, -0.2) is 4.98 Å². The van der Waals surface area contributed by atoms with Crippen LogP contribution in [0.4, 0.5) is 5.82 Å². The van der Waals surface area contributed by atoms with Crippen LogP contribution in [0.3, 0.4) is 0 Å². The van der Waals surface area contributed by atoms with E-state index in [1.54, 1.807) is 6.20 Å². The summed E-state index contributed by atoms with van der Waals surface area (Å²) in [5, 5.41) is 7.65. The lowest BCUT2D eigenvalue weighted by atomic mass is 10.1. The average Bonchev–Trinajstić information content (AvgIpc) is 3.14. The second kappa shape index (κ2) is 8.90. The Labute approximate surface area is 160 Å². The molecule has 1 aliphatic heterocycles. The lowest BCUT2D eigenvalue weighted by Gasteiger charge is -2.20. The van der Waals surface area contributed by atoms with Crippen LogP contribution in [0.5, 0.6) is 0 Å². The Morgan fingerprint density at radius 2 is 2.08 bits per heavy atom. The lowest BCUT2D eigenvalue weighted by Crippen LogP contribution is -2.44. The van der Waals surface area contributed by atoms with Crippen LogP contribution in [0.15, 0.2) is 47.6 Å². The van der Waals surface area contributed by atoms with Gasteiger partial charge in [0.25, 0.3) is 0 Å². The van der Waals surface area contributed by atoms with Gasteiger partial charge in [0, 0.05) is 38.9 Å². The minimum absolute atomic E-state index is 0.320. The molecule has 0 aliphatic carbocycles. The van der Waals surface area contributed by atoms with Gasteiger partial charge in [0.1, 0.15) is 5.82 Å². The van der Waals surface area contributed by atoms with Crippen LogP contribution >= 0.6 is 11.6 Å². The Morgan fingerprint density at radius 3 is 2.81 bits per heavy atom. The first-order valence-corrected chi connectivity index (χ1v) is 9.48. The molecule has 1 saturated heterocycles. The van der Waals surface area contributed by atoms with Gasteiger partial charge >= 0.3 is 0 Å². The number of rotatable bonds is 5. The van der Waals surface area contributed by atoms with E-state index >= 15 is 0 Å². The number of pyridine rings is 1. The Balaban J connectivity index is 1.55. The van der Waals surface area contributed by atoms with Crippen molar-refractivity contribution in [2.75, 3.05) is 25.0 Å². The highest BCUT2D eigenvalue weighted by molar-refractivity contribution is 6.32. The minimum atomic E-state index is 0.320. The number of hydrogen-bond acceptors (Lipinski definition) is 3. The first-order chi connectivity index (χ1) is 12.7. The van der Waals surface area contributed by atoms with E-state index in [-0.39, 0.29) is 0 Å². The van der Waals surface area contributed by atoms with Gasteiger partial charge in [-0.3, -0.25) is 4.99 Å². The topological polar surface area (TPSA) is 52.6 Å². The van der Waals surface area contributed by atoms with Crippen molar-refractivity contribution in [1.29, 1.82) is 0 Å². The maximum Gasteiger partial charge on any atom is 0.191 e. The van der Waals surface area contributed by atoms with Gasteiger partial charge in [-0.1, -0.05) is 42.8 Å². The molecule has 138 valence electrons. The van der Waals surface area contributed by atoms with E-state index < -0.39 is 0 Å². The van der Waals surface area contributed by atoms with Gasteiger partial charge < -0.3 is 15.5 Å². The molecule has 1 atom stereocenters. The van der Waals surface area contributed by atoms with E-state index in [0.717, 1.165) is 44.3 Å². The van der Waals surface area contributed by atoms with Crippen molar-refractivity contribution in [1.82, 2.24) is 15.6 Å². The summed E-state index contributed by atoms with van der Waals surface area (Å²) in [6.07, 6.45) is 3.85. The Kier molecular flexibility index (Phi) is 6.34. The fourth-order valence-electron chi connectivity index (χ4n) is 3.32. The first-order valence-electron chi connectivity index (χ1n) is 9.10. The van der Waals surface area contributed by atoms with Gasteiger partial charge in [0.05, 0.1) is 5.02 Å². The molecule has 5 nitrogen and oxygen atoms in total. The zero-order valence-corrected chi connectivity index (χ0v) is 16.1. The van der Waals surface area contributed by atoms with Crippen LogP contribution in [0.25, 0.3) is 0 Å². The predicted molar refractivity (Wildman–Crippen MR) is 109 cm³/mol. The molecular weight excluding hydrogens is 346 g/mol. The summed E-state index contributed by atoms with van der Waals surface area (Å²) in [6, 6.07) is 12.6. The predicted octanol–water partition coefficient (Wildman–Crippen LogP) is 3.24. The van der Waals surface area contributed by atoms with Crippen LogP contribution in [-0.4, -0.2) is 37.1 Å². The van der Waals surface area contributed by atoms with Gasteiger partial charge in [0.15, 0.2) is 5.96 Å². The number of aryl methyl sites for hydroxylation is 1. The average molecular weight is 372 g/mol. The second-order valence-electron chi connectivity index (χ2n) is 6.43. The molecule has 1 aromatic carbocycles. The number of nitrogens with zero attached hydrogens (tertiary/aromatic N) is 3. The van der Waals surface area contributed by atoms with Crippen molar-refractivity contribution in [3.63, 3.8) is 0 Å². The molecule has 2 aromatic rings. The van der Waals surface area contributed by atoms with Gasteiger partial charge in [-0.15, -0.1) is 0 Å². The third kappa shape index (κ3) is 4.47. The smallest absolute Gasteiger partial charge is 0.191 e. The molecule has 6 heteroatoms. The van der Waals surface area contributed by atoms with Crippen LogP contribution < -0.4 is 15.5 Å². The SMILES string of the molecule is CCc1ccccc1CNC(=NC)NC1CCN(c2ncccc2Cl)C1. The summed E-state index contributed by atoms with van der Waals surface area (Å²) in [5.74, 6) is 1.69. The van der Waals surface area contributed by atoms with Crippen LogP contribution in [-0.2, 0) is 13.0 Å². The molecule has 1 fully saturated rings. The number of aromatic nitrogens is 1. The number of nitrogens with one attached hydrogen (secondary N) is 2. The highest BCUT2D eigenvalue weighted by Gasteiger charge is 2.25. The fourth-order valence-corrected chi connectivity index (χ4v) is 3.56. The zero-order valence-electron chi connectivity index (χ0n) is 15.4. The monoisotopic (exact) mass is 371 g/mol. The second-order valence-corrected chi connectivity index (χ2v) is 6.84. The Hall–Kier alpha value is -2.27. The van der Waals surface area contributed by atoms with E-state index in [2.05, 4.69) is 56.7 Å². The van der Waals surface area contributed by atoms with E-state index in [4.69, 9.17) is 11.6 Å². The number of hydrogen-bond donors (Lipinski definition) is 2. The maximum atomic E-state index is 6.27. The fraction of sp³-hybridized carbons (Fsp3) is 0.400. The molecule has 1 unspecified atom stereocenters. The van der Waals surface area contributed by atoms with Crippen molar-refractivity contribution in [2.24, 2.45) is 4.99 Å². The molecule has 0 radical (unpaired) electrons. The molecule has 3 rings (SSSR count). The summed E-state index contributed by atoms with van der Waals surface area (Å²) >= 11 is 6.27. The third-order valence-corrected chi connectivity index (χ3v) is 5.03. The molecule has 1 aliphatic rings. The van der Waals surface area contributed by atoms with Crippen LogP contribution in [0.1, 0.15) is 24.5 Å². The normalized spacial score (nSPS) is 17.4. The van der Waals surface area contributed by atoms with E-state index in [1.807, 2.05) is 19.2 Å². The summed E-state index contributed by atoms with van der Waals surface area (Å²) in [6.45, 7) is 4.75. The van der Waals surface area contributed by atoms with Gasteiger partial charge in [-0.2, -0.15) is 0 Å². The molecule has 0 saturated carbocycles. The number of aliphatic imine (C=N–C) groups is 1. The quantitative estimate of drug-likeness (QED) is 0.625. The van der Waals surface area contributed by atoms with Crippen molar-refractivity contribution >= 4 is 23.4 Å². The Morgan fingerprint density at radius 1 is 1.27 bits per heavy atom. The maximum absolute atomic E-state index is 6.27. The van der Waals surface area contributed by atoms with Crippen LogP contribution in [0, 0.1) is 0 Å². The molecule has 0 amide bonds. The number of benzene rings is 1. The first kappa shape index (κ1) is 18.5. The molecular formula is C20H26ClN5. The molecule has 0 bridgehead atoms. The van der Waals surface area contributed by atoms with Gasteiger partial charge in [-0.05, 0) is 36.1 Å². The minimum Gasteiger partial charge on any atom is -0.353 e. The van der Waals surface area contributed by atoms with Gasteiger partial charge in [0.2, 0.25) is 0 Å². The largest absolute Gasteiger partial charge is 0.353 e. The van der Waals surface area contributed by atoms with Crippen molar-refractivity contribution in [3.05, 3.63) is 58.7 Å². The highest BCUT2D eigenvalue weighted by Crippen LogP contribution is 2.25. The number of anilines is 1. The van der Waals surface area contributed by atoms with Crippen molar-refractivity contribution in [3.8, 4) is 0 Å². The van der Waals surface area contributed by atoms with Crippen LogP contribution in [0.2, 0.25) is 5.02 Å². The van der Waals surface area contributed by atoms with Crippen molar-refractivity contribution in [2.45, 2.75) is 32.4 Å². The molecule has 2 N–H and O–H groups in total. The molecule has 2 heterocycles. The molecule has 1 aromatic heterocycles. The molecule has 26 heavy (non-hydrogen) atoms. The highest BCUT2D eigenvalue weighted by atomic mass is 35.5. The zero-order chi connectivity index (χ0) is 18.4. The lowest BCUT2D eigenvalue weighted by molar-refractivity contribution is 0.647. The van der Waals surface area contributed by atoms with Crippen molar-refractivity contribution < 1.29 is 0 Å². The summed E-state index contributed by atoms with van der Waals surface area (Å²) in [4.78, 5) is 11.0. The molecule has 0 spiro atoms. The number of guanidine groups is 1. The van der Waals surface area contributed by atoms with E-state index in [1.165, 1.54) is 11.1 Å². The Bertz CT molecular complexity index is 761.